The van der Waals surface area contributed by atoms with Gasteiger partial charge in [0.1, 0.15) is 18.4 Å². The van der Waals surface area contributed by atoms with Crippen LogP contribution in [0.3, 0.4) is 0 Å². The van der Waals surface area contributed by atoms with Crippen molar-refractivity contribution in [2.75, 3.05) is 24.2 Å². The summed E-state index contributed by atoms with van der Waals surface area (Å²) in [6.07, 6.45) is -3.98. The molecule has 0 bridgehead atoms. The van der Waals surface area contributed by atoms with Crippen LogP contribution in [0.5, 0.6) is 0 Å². The summed E-state index contributed by atoms with van der Waals surface area (Å²) in [5.41, 5.74) is -0.740. The molecule has 0 aliphatic heterocycles. The summed E-state index contributed by atoms with van der Waals surface area (Å²) < 4.78 is 80.4. The second-order valence-corrected chi connectivity index (χ2v) is 10.7. The van der Waals surface area contributed by atoms with E-state index < -0.39 is 58.5 Å². The molecule has 0 unspecified atom stereocenters. The summed E-state index contributed by atoms with van der Waals surface area (Å²) in [4.78, 5) is 27.7. The van der Waals surface area contributed by atoms with Gasteiger partial charge in [-0.05, 0) is 29.8 Å². The van der Waals surface area contributed by atoms with Crippen LogP contribution in [0.1, 0.15) is 16.7 Å². The van der Waals surface area contributed by atoms with Crippen LogP contribution in [0.15, 0.2) is 78.9 Å². The van der Waals surface area contributed by atoms with Crippen LogP contribution in [-0.4, -0.2) is 51.0 Å². The third kappa shape index (κ3) is 7.79. The molecule has 1 N–H and O–H groups in total. The maximum Gasteiger partial charge on any atom is 0.416 e. The van der Waals surface area contributed by atoms with E-state index in [0.29, 0.717) is 15.9 Å². The van der Waals surface area contributed by atoms with E-state index in [4.69, 9.17) is 0 Å². The van der Waals surface area contributed by atoms with Crippen molar-refractivity contribution >= 4 is 27.5 Å². The van der Waals surface area contributed by atoms with Gasteiger partial charge >= 0.3 is 6.18 Å². The number of amides is 2. The highest BCUT2D eigenvalue weighted by molar-refractivity contribution is 7.92. The Bertz CT molecular complexity index is 1420. The fourth-order valence-corrected chi connectivity index (χ4v) is 4.82. The number of hydrogen-bond donors (Lipinski definition) is 1. The molecule has 0 aliphatic carbocycles. The van der Waals surface area contributed by atoms with Crippen molar-refractivity contribution in [2.45, 2.75) is 25.2 Å². The quantitative estimate of drug-likeness (QED) is 0.377. The molecule has 0 aromatic heterocycles. The van der Waals surface area contributed by atoms with Gasteiger partial charge in [0.2, 0.25) is 21.8 Å². The Balaban J connectivity index is 2.06. The molecule has 7 nitrogen and oxygen atoms in total. The van der Waals surface area contributed by atoms with Crippen LogP contribution in [0.2, 0.25) is 0 Å². The largest absolute Gasteiger partial charge is 0.416 e. The molecule has 39 heavy (non-hydrogen) atoms. The molecule has 208 valence electrons. The van der Waals surface area contributed by atoms with Crippen molar-refractivity contribution in [3.05, 3.63) is 101 Å². The molecule has 2 amide bonds. The van der Waals surface area contributed by atoms with Gasteiger partial charge < -0.3 is 10.2 Å². The van der Waals surface area contributed by atoms with Crippen LogP contribution in [-0.2, 0) is 38.8 Å². The molecular weight excluding hydrogens is 538 g/mol. The van der Waals surface area contributed by atoms with Crippen molar-refractivity contribution < 1.29 is 35.6 Å². The maximum atomic E-state index is 14.6. The molecule has 0 saturated heterocycles. The second kappa shape index (κ2) is 12.3. The average molecular weight is 566 g/mol. The van der Waals surface area contributed by atoms with Gasteiger partial charge in [0.15, 0.2) is 0 Å². The minimum absolute atomic E-state index is 0.0170. The standard InChI is InChI=1S/C27H27F4N3O4S/c1-32-26(36)24(15-19-9-4-3-5-10-19)33(17-20-11-6-7-14-23(20)28)25(35)18-34(39(2,37)38)22-13-8-12-21(16-22)27(29,30)31/h3-14,16,24H,15,17-18H2,1-2H3,(H,32,36)/t24-/m1/s1. The lowest BCUT2D eigenvalue weighted by Gasteiger charge is -2.33. The number of sulfonamides is 1. The summed E-state index contributed by atoms with van der Waals surface area (Å²) in [7, 11) is -2.90. The third-order valence-corrected chi connectivity index (χ3v) is 7.10. The highest BCUT2D eigenvalue weighted by atomic mass is 32.2. The fraction of sp³-hybridized carbons (Fsp3) is 0.259. The van der Waals surface area contributed by atoms with Gasteiger partial charge in [0, 0.05) is 25.6 Å². The van der Waals surface area contributed by atoms with E-state index in [9.17, 15) is 35.6 Å². The molecule has 3 aromatic rings. The van der Waals surface area contributed by atoms with E-state index in [0.717, 1.165) is 29.4 Å². The molecule has 0 aliphatic rings. The van der Waals surface area contributed by atoms with Crippen molar-refractivity contribution in [3.63, 3.8) is 0 Å². The van der Waals surface area contributed by atoms with E-state index in [1.54, 1.807) is 36.4 Å². The lowest BCUT2D eigenvalue weighted by Crippen LogP contribution is -2.53. The minimum atomic E-state index is -4.75. The molecule has 0 spiro atoms. The first-order valence-electron chi connectivity index (χ1n) is 11.7. The predicted molar refractivity (Wildman–Crippen MR) is 139 cm³/mol. The number of halogens is 4. The van der Waals surface area contributed by atoms with Crippen molar-refractivity contribution in [1.29, 1.82) is 0 Å². The molecular formula is C27H27F4N3O4S. The first kappa shape index (κ1) is 29.6. The number of alkyl halides is 3. The van der Waals surface area contributed by atoms with E-state index >= 15 is 0 Å². The van der Waals surface area contributed by atoms with Crippen LogP contribution in [0.25, 0.3) is 0 Å². The molecule has 0 heterocycles. The van der Waals surface area contributed by atoms with Crippen molar-refractivity contribution in [1.82, 2.24) is 10.2 Å². The molecule has 3 aromatic carbocycles. The number of carbonyl (C=O) groups excluding carboxylic acids is 2. The third-order valence-electron chi connectivity index (χ3n) is 5.96. The Morgan fingerprint density at radius 2 is 1.59 bits per heavy atom. The Morgan fingerprint density at radius 1 is 0.949 bits per heavy atom. The van der Waals surface area contributed by atoms with Crippen molar-refractivity contribution in [2.24, 2.45) is 0 Å². The molecule has 3 rings (SSSR count). The average Bonchev–Trinajstić information content (AvgIpc) is 2.89. The van der Waals surface area contributed by atoms with Crippen molar-refractivity contribution in [3.8, 4) is 0 Å². The number of hydrogen-bond acceptors (Lipinski definition) is 4. The minimum Gasteiger partial charge on any atom is -0.357 e. The number of nitrogens with zero attached hydrogens (tertiary/aromatic N) is 2. The van der Waals surface area contributed by atoms with Gasteiger partial charge in [0.05, 0.1) is 17.5 Å². The molecule has 12 heteroatoms. The molecule has 0 saturated carbocycles. The van der Waals surface area contributed by atoms with Gasteiger partial charge in [0.25, 0.3) is 0 Å². The van der Waals surface area contributed by atoms with E-state index in [-0.39, 0.29) is 17.7 Å². The molecule has 0 fully saturated rings. The normalized spacial score (nSPS) is 12.5. The van der Waals surface area contributed by atoms with E-state index in [2.05, 4.69) is 5.32 Å². The first-order chi connectivity index (χ1) is 18.3. The number of rotatable bonds is 10. The fourth-order valence-electron chi connectivity index (χ4n) is 3.98. The Hall–Kier alpha value is -3.93. The highest BCUT2D eigenvalue weighted by Gasteiger charge is 2.35. The lowest BCUT2D eigenvalue weighted by molar-refractivity contribution is -0.139. The Morgan fingerprint density at radius 3 is 2.18 bits per heavy atom. The van der Waals surface area contributed by atoms with Crippen LogP contribution < -0.4 is 9.62 Å². The number of anilines is 1. The maximum absolute atomic E-state index is 14.6. The first-order valence-corrected chi connectivity index (χ1v) is 13.6. The van der Waals surface area contributed by atoms with Crippen LogP contribution in [0.4, 0.5) is 23.2 Å². The summed E-state index contributed by atoms with van der Waals surface area (Å²) in [5, 5.41) is 2.48. The van der Waals surface area contributed by atoms with E-state index in [1.165, 1.54) is 25.2 Å². The number of likely N-dealkylation sites (N-methyl/N-ethyl adjacent to an activating group) is 1. The van der Waals surface area contributed by atoms with E-state index in [1.807, 2.05) is 0 Å². The van der Waals surface area contributed by atoms with Gasteiger partial charge in [-0.25, -0.2) is 12.8 Å². The highest BCUT2D eigenvalue weighted by Crippen LogP contribution is 2.32. The van der Waals surface area contributed by atoms with Crippen LogP contribution >= 0.6 is 0 Å². The zero-order valence-corrected chi connectivity index (χ0v) is 22.0. The smallest absolute Gasteiger partial charge is 0.357 e. The van der Waals surface area contributed by atoms with Gasteiger partial charge in [-0.1, -0.05) is 54.6 Å². The second-order valence-electron chi connectivity index (χ2n) is 8.75. The predicted octanol–water partition coefficient (Wildman–Crippen LogP) is 4.00. The SMILES string of the molecule is CNC(=O)[C@@H](Cc1ccccc1)N(Cc1ccccc1F)C(=O)CN(c1cccc(C(F)(F)F)c1)S(C)(=O)=O. The van der Waals surface area contributed by atoms with Gasteiger partial charge in [-0.3, -0.25) is 13.9 Å². The lowest BCUT2D eigenvalue weighted by atomic mass is 10.0. The zero-order chi connectivity index (χ0) is 28.8. The van der Waals surface area contributed by atoms with Gasteiger partial charge in [-0.15, -0.1) is 0 Å². The summed E-state index contributed by atoms with van der Waals surface area (Å²) in [5.74, 6) is -2.15. The topological polar surface area (TPSA) is 86.8 Å². The zero-order valence-electron chi connectivity index (χ0n) is 21.2. The number of benzene rings is 3. The number of nitrogens with one attached hydrogen (secondary N) is 1. The monoisotopic (exact) mass is 565 g/mol. The summed E-state index contributed by atoms with van der Waals surface area (Å²) in [6, 6.07) is 16.6. The number of carbonyl (C=O) groups is 2. The summed E-state index contributed by atoms with van der Waals surface area (Å²) in [6.45, 7) is -1.31. The summed E-state index contributed by atoms with van der Waals surface area (Å²) >= 11 is 0. The van der Waals surface area contributed by atoms with Crippen LogP contribution in [0, 0.1) is 5.82 Å². The Labute approximate surface area is 224 Å². The molecule has 0 radical (unpaired) electrons. The Kier molecular flexibility index (Phi) is 9.33. The van der Waals surface area contributed by atoms with Gasteiger partial charge in [-0.2, -0.15) is 13.2 Å². The molecule has 1 atom stereocenters.